The van der Waals surface area contributed by atoms with E-state index < -0.39 is 10.0 Å². The van der Waals surface area contributed by atoms with Crippen molar-refractivity contribution in [2.75, 3.05) is 25.2 Å². The lowest BCUT2D eigenvalue weighted by Crippen LogP contribution is -2.22. The summed E-state index contributed by atoms with van der Waals surface area (Å²) in [5.74, 6) is 1.30. The number of para-hydroxylation sites is 1. The predicted octanol–water partition coefficient (Wildman–Crippen LogP) is 3.13. The third kappa shape index (κ3) is 4.97. The number of carbonyl (C=O) groups excluding carboxylic acids is 1. The molecule has 1 saturated carbocycles. The zero-order valence-electron chi connectivity index (χ0n) is 17.2. The number of amides is 1. The minimum Gasteiger partial charge on any atom is -0.325 e. The van der Waals surface area contributed by atoms with Gasteiger partial charge in [0.1, 0.15) is 5.82 Å². The standard InChI is InChI=1S/C21H23N5O3S2/c1-25(2)31(28,29)18-12-10-16(11-13-18)22-19(27)14-30-21-23-20(15-8-9-15)26(24-21)17-6-4-3-5-7-17/h3-7,10-13,15H,8-9,14H2,1-2H3,(H,22,27). The Morgan fingerprint density at radius 3 is 2.42 bits per heavy atom. The molecule has 0 aliphatic heterocycles. The highest BCUT2D eigenvalue weighted by Crippen LogP contribution is 2.40. The zero-order chi connectivity index (χ0) is 22.0. The number of aromatic nitrogens is 3. The van der Waals surface area contributed by atoms with Crippen LogP contribution in [0, 0.1) is 0 Å². The van der Waals surface area contributed by atoms with Gasteiger partial charge in [-0.3, -0.25) is 4.79 Å². The Kier molecular flexibility index (Phi) is 6.12. The first kappa shape index (κ1) is 21.5. The average Bonchev–Trinajstić information content (AvgIpc) is 3.52. The van der Waals surface area contributed by atoms with E-state index in [9.17, 15) is 13.2 Å². The summed E-state index contributed by atoms with van der Waals surface area (Å²) in [5, 5.41) is 7.93. The van der Waals surface area contributed by atoms with E-state index in [1.54, 1.807) is 12.1 Å². The summed E-state index contributed by atoms with van der Waals surface area (Å²) >= 11 is 1.28. The highest BCUT2D eigenvalue weighted by molar-refractivity contribution is 7.99. The van der Waals surface area contributed by atoms with Crippen LogP contribution in [-0.2, 0) is 14.8 Å². The molecule has 162 valence electrons. The van der Waals surface area contributed by atoms with Crippen molar-refractivity contribution in [3.05, 3.63) is 60.4 Å². The van der Waals surface area contributed by atoms with E-state index in [1.807, 2.05) is 35.0 Å². The molecule has 8 nitrogen and oxygen atoms in total. The Labute approximate surface area is 185 Å². The summed E-state index contributed by atoms with van der Waals surface area (Å²) < 4.78 is 27.3. The van der Waals surface area contributed by atoms with Gasteiger partial charge in [0.25, 0.3) is 0 Å². The number of anilines is 1. The second-order valence-corrected chi connectivity index (χ2v) is 10.5. The van der Waals surface area contributed by atoms with Crippen molar-refractivity contribution in [1.29, 1.82) is 0 Å². The fraction of sp³-hybridized carbons (Fsp3) is 0.286. The van der Waals surface area contributed by atoms with Crippen LogP contribution in [0.5, 0.6) is 0 Å². The monoisotopic (exact) mass is 457 g/mol. The topological polar surface area (TPSA) is 97.2 Å². The van der Waals surface area contributed by atoms with Gasteiger partial charge < -0.3 is 5.32 Å². The van der Waals surface area contributed by atoms with Crippen molar-refractivity contribution in [1.82, 2.24) is 19.1 Å². The molecule has 0 atom stereocenters. The molecule has 0 saturated heterocycles. The van der Waals surface area contributed by atoms with Crippen LogP contribution in [0.4, 0.5) is 5.69 Å². The van der Waals surface area contributed by atoms with Gasteiger partial charge in [0.05, 0.1) is 16.3 Å². The van der Waals surface area contributed by atoms with Crippen molar-refractivity contribution in [3.63, 3.8) is 0 Å². The van der Waals surface area contributed by atoms with Gasteiger partial charge in [-0.15, -0.1) is 5.10 Å². The molecule has 2 aromatic carbocycles. The Hall–Kier alpha value is -2.69. The van der Waals surface area contributed by atoms with Gasteiger partial charge >= 0.3 is 0 Å². The van der Waals surface area contributed by atoms with E-state index in [1.165, 1.54) is 38.0 Å². The molecule has 0 bridgehead atoms. The fourth-order valence-electron chi connectivity index (χ4n) is 2.98. The van der Waals surface area contributed by atoms with Gasteiger partial charge in [0.15, 0.2) is 0 Å². The zero-order valence-corrected chi connectivity index (χ0v) is 18.9. The predicted molar refractivity (Wildman–Crippen MR) is 120 cm³/mol. The maximum absolute atomic E-state index is 12.4. The lowest BCUT2D eigenvalue weighted by atomic mass is 10.3. The second kappa shape index (κ2) is 8.81. The molecule has 0 radical (unpaired) electrons. The summed E-state index contributed by atoms with van der Waals surface area (Å²) in [6.07, 6.45) is 2.21. The minimum atomic E-state index is -3.50. The lowest BCUT2D eigenvalue weighted by Gasteiger charge is -2.11. The molecule has 1 fully saturated rings. The molecule has 10 heteroatoms. The van der Waals surface area contributed by atoms with Crippen LogP contribution >= 0.6 is 11.8 Å². The van der Waals surface area contributed by atoms with Crippen LogP contribution in [0.1, 0.15) is 24.6 Å². The van der Waals surface area contributed by atoms with Crippen molar-refractivity contribution < 1.29 is 13.2 Å². The van der Waals surface area contributed by atoms with Crippen molar-refractivity contribution in [2.24, 2.45) is 0 Å². The van der Waals surface area contributed by atoms with Gasteiger partial charge in [-0.1, -0.05) is 30.0 Å². The van der Waals surface area contributed by atoms with Gasteiger partial charge in [-0.05, 0) is 49.2 Å². The van der Waals surface area contributed by atoms with Crippen LogP contribution in [-0.4, -0.2) is 53.2 Å². The normalized spacial score (nSPS) is 14.0. The van der Waals surface area contributed by atoms with Crippen LogP contribution in [0.3, 0.4) is 0 Å². The Morgan fingerprint density at radius 1 is 1.13 bits per heavy atom. The molecule has 1 aliphatic carbocycles. The first-order valence-electron chi connectivity index (χ1n) is 9.82. The van der Waals surface area contributed by atoms with E-state index in [4.69, 9.17) is 0 Å². The van der Waals surface area contributed by atoms with E-state index in [2.05, 4.69) is 15.4 Å². The number of nitrogens with zero attached hydrogens (tertiary/aromatic N) is 4. The highest BCUT2D eigenvalue weighted by atomic mass is 32.2. The number of nitrogens with one attached hydrogen (secondary N) is 1. The Bertz CT molecular complexity index is 1170. The molecular formula is C21H23N5O3S2. The SMILES string of the molecule is CN(C)S(=O)(=O)c1ccc(NC(=O)CSc2nc(C3CC3)n(-c3ccccc3)n2)cc1. The van der Waals surface area contributed by atoms with Crippen LogP contribution < -0.4 is 5.32 Å². The maximum Gasteiger partial charge on any atom is 0.242 e. The maximum atomic E-state index is 12.4. The third-order valence-electron chi connectivity index (χ3n) is 4.81. The van der Waals surface area contributed by atoms with Gasteiger partial charge in [-0.25, -0.2) is 22.4 Å². The molecule has 1 N–H and O–H groups in total. The molecule has 1 heterocycles. The van der Waals surface area contributed by atoms with Crippen LogP contribution in [0.2, 0.25) is 0 Å². The number of sulfonamides is 1. The summed E-state index contributed by atoms with van der Waals surface area (Å²) in [4.78, 5) is 17.2. The van der Waals surface area contributed by atoms with Gasteiger partial charge in [0, 0.05) is 25.7 Å². The summed E-state index contributed by atoms with van der Waals surface area (Å²) in [6, 6.07) is 16.0. The molecule has 1 aromatic heterocycles. The summed E-state index contributed by atoms with van der Waals surface area (Å²) in [6.45, 7) is 0. The number of hydrogen-bond donors (Lipinski definition) is 1. The van der Waals surface area contributed by atoms with Gasteiger partial charge in [-0.2, -0.15) is 0 Å². The van der Waals surface area contributed by atoms with E-state index >= 15 is 0 Å². The smallest absolute Gasteiger partial charge is 0.242 e. The highest BCUT2D eigenvalue weighted by Gasteiger charge is 2.30. The fourth-order valence-corrected chi connectivity index (χ4v) is 4.51. The Balaban J connectivity index is 1.39. The second-order valence-electron chi connectivity index (χ2n) is 7.42. The Morgan fingerprint density at radius 2 is 1.81 bits per heavy atom. The number of thioether (sulfide) groups is 1. The molecule has 0 spiro atoms. The molecule has 1 amide bonds. The summed E-state index contributed by atoms with van der Waals surface area (Å²) in [5.41, 5.74) is 1.49. The molecule has 4 rings (SSSR count). The average molecular weight is 458 g/mol. The third-order valence-corrected chi connectivity index (χ3v) is 7.47. The number of benzene rings is 2. The van der Waals surface area contributed by atoms with Crippen molar-refractivity contribution in [3.8, 4) is 5.69 Å². The number of carbonyl (C=O) groups is 1. The van der Waals surface area contributed by atoms with Gasteiger partial charge in [0.2, 0.25) is 21.1 Å². The lowest BCUT2D eigenvalue weighted by molar-refractivity contribution is -0.113. The minimum absolute atomic E-state index is 0.153. The summed E-state index contributed by atoms with van der Waals surface area (Å²) in [7, 11) is -0.545. The molecule has 3 aromatic rings. The molecular weight excluding hydrogens is 434 g/mol. The first-order valence-corrected chi connectivity index (χ1v) is 12.2. The van der Waals surface area contributed by atoms with E-state index in [0.29, 0.717) is 16.8 Å². The van der Waals surface area contributed by atoms with Crippen molar-refractivity contribution in [2.45, 2.75) is 28.8 Å². The molecule has 0 unspecified atom stereocenters. The van der Waals surface area contributed by atoms with Crippen molar-refractivity contribution >= 4 is 33.4 Å². The van der Waals surface area contributed by atoms with E-state index in [-0.39, 0.29) is 16.6 Å². The van der Waals surface area contributed by atoms with Crippen LogP contribution in [0.25, 0.3) is 5.69 Å². The largest absolute Gasteiger partial charge is 0.325 e. The van der Waals surface area contributed by atoms with Crippen LogP contribution in [0.15, 0.2) is 64.6 Å². The molecule has 1 aliphatic rings. The number of rotatable bonds is 8. The quantitative estimate of drug-likeness (QED) is 0.522. The number of hydrogen-bond acceptors (Lipinski definition) is 6. The first-order chi connectivity index (χ1) is 14.8. The van der Waals surface area contributed by atoms with E-state index in [0.717, 1.165) is 28.7 Å². The molecule has 31 heavy (non-hydrogen) atoms.